The van der Waals surface area contributed by atoms with E-state index in [0.29, 0.717) is 31.1 Å². The number of hydrogen-bond donors (Lipinski definition) is 1. The van der Waals surface area contributed by atoms with Crippen molar-refractivity contribution in [3.8, 4) is 0 Å². The Labute approximate surface area is 138 Å². The summed E-state index contributed by atoms with van der Waals surface area (Å²) in [5.74, 6) is 0.202. The lowest BCUT2D eigenvalue weighted by Gasteiger charge is -2.34. The number of aromatic nitrogens is 1. The molecule has 1 atom stereocenters. The molecule has 0 bridgehead atoms. The highest BCUT2D eigenvalue weighted by molar-refractivity contribution is 5.95. The molecule has 126 valence electrons. The third kappa shape index (κ3) is 3.16. The van der Waals surface area contributed by atoms with E-state index in [-0.39, 0.29) is 17.6 Å². The van der Waals surface area contributed by atoms with Crippen LogP contribution in [0, 0.1) is 0 Å². The van der Waals surface area contributed by atoms with Crippen LogP contribution >= 0.6 is 0 Å². The minimum Gasteiger partial charge on any atom is -0.477 e. The zero-order chi connectivity index (χ0) is 17.1. The van der Waals surface area contributed by atoms with Crippen molar-refractivity contribution in [2.45, 2.75) is 19.4 Å². The molecule has 0 saturated carbocycles. The number of nitrogens with zero attached hydrogens (tertiary/aromatic N) is 2. The number of carbonyl (C=O) groups excluding carboxylic acids is 1. The summed E-state index contributed by atoms with van der Waals surface area (Å²) in [6, 6.07) is 6.27. The van der Waals surface area contributed by atoms with E-state index in [9.17, 15) is 9.59 Å². The van der Waals surface area contributed by atoms with Gasteiger partial charge < -0.3 is 19.2 Å². The fourth-order valence-electron chi connectivity index (χ4n) is 2.66. The highest BCUT2D eigenvalue weighted by Crippen LogP contribution is 2.27. The Bertz CT molecular complexity index is 738. The Morgan fingerprint density at radius 1 is 1.33 bits per heavy atom. The average molecular weight is 330 g/mol. The summed E-state index contributed by atoms with van der Waals surface area (Å²) in [4.78, 5) is 29.1. The molecule has 7 nitrogen and oxygen atoms in total. The summed E-state index contributed by atoms with van der Waals surface area (Å²) in [5.41, 5.74) is 0.248. The molecule has 0 unspecified atom stereocenters. The lowest BCUT2D eigenvalue weighted by atomic mass is 10.1. The molecular weight excluding hydrogens is 312 g/mol. The Balaban J connectivity index is 1.84. The van der Waals surface area contributed by atoms with Crippen LogP contribution in [0.2, 0.25) is 0 Å². The summed E-state index contributed by atoms with van der Waals surface area (Å²) < 4.78 is 11.3. The van der Waals surface area contributed by atoms with Crippen LogP contribution in [0.3, 0.4) is 0 Å². The monoisotopic (exact) mass is 330 g/mol. The molecule has 2 aromatic heterocycles. The van der Waals surface area contributed by atoms with Crippen LogP contribution in [0.1, 0.15) is 45.3 Å². The molecule has 0 radical (unpaired) electrons. The van der Waals surface area contributed by atoms with Crippen LogP contribution in [-0.2, 0) is 11.2 Å². The SMILES string of the molecule is CCc1ccc([C@H]2COCCN2C(=O)c2ccc(C(=O)O)nc2)o1. The number of furan rings is 1. The number of rotatable bonds is 4. The standard InChI is InChI=1S/C17H18N2O5/c1-2-12-4-6-15(24-12)14-10-23-8-7-19(14)16(20)11-3-5-13(17(21)22)18-9-11/h3-6,9,14H,2,7-8,10H2,1H3,(H,21,22)/t14-/m1/s1. The van der Waals surface area contributed by atoms with Gasteiger partial charge in [-0.15, -0.1) is 0 Å². The minimum absolute atomic E-state index is 0.0938. The van der Waals surface area contributed by atoms with Gasteiger partial charge in [0.05, 0.1) is 18.8 Å². The Morgan fingerprint density at radius 3 is 2.79 bits per heavy atom. The van der Waals surface area contributed by atoms with Gasteiger partial charge in [-0.25, -0.2) is 9.78 Å². The van der Waals surface area contributed by atoms with Crippen molar-refractivity contribution < 1.29 is 23.8 Å². The summed E-state index contributed by atoms with van der Waals surface area (Å²) in [6.07, 6.45) is 2.07. The molecule has 1 fully saturated rings. The number of ether oxygens (including phenoxy) is 1. The number of morpholine rings is 1. The summed E-state index contributed by atoms with van der Waals surface area (Å²) in [5, 5.41) is 8.89. The molecule has 0 aromatic carbocycles. The van der Waals surface area contributed by atoms with E-state index in [1.165, 1.54) is 18.3 Å². The normalized spacial score (nSPS) is 17.7. The van der Waals surface area contributed by atoms with E-state index < -0.39 is 5.97 Å². The van der Waals surface area contributed by atoms with Gasteiger partial charge in [-0.05, 0) is 24.3 Å². The van der Waals surface area contributed by atoms with E-state index in [4.69, 9.17) is 14.3 Å². The van der Waals surface area contributed by atoms with Gasteiger partial charge in [-0.1, -0.05) is 6.92 Å². The maximum Gasteiger partial charge on any atom is 0.354 e. The number of carboxylic acid groups (broad SMARTS) is 1. The van der Waals surface area contributed by atoms with E-state index in [2.05, 4.69) is 4.98 Å². The highest BCUT2D eigenvalue weighted by Gasteiger charge is 2.31. The van der Waals surface area contributed by atoms with Crippen LogP contribution in [0.4, 0.5) is 0 Å². The Morgan fingerprint density at radius 2 is 2.17 bits per heavy atom. The van der Waals surface area contributed by atoms with Gasteiger partial charge >= 0.3 is 5.97 Å². The second kappa shape index (κ2) is 6.84. The zero-order valence-electron chi connectivity index (χ0n) is 13.3. The van der Waals surface area contributed by atoms with Crippen molar-refractivity contribution in [3.63, 3.8) is 0 Å². The summed E-state index contributed by atoms with van der Waals surface area (Å²) in [7, 11) is 0. The zero-order valence-corrected chi connectivity index (χ0v) is 13.3. The molecule has 1 amide bonds. The van der Waals surface area contributed by atoms with Gasteiger partial charge in [-0.3, -0.25) is 4.79 Å². The molecule has 7 heteroatoms. The third-order valence-corrected chi connectivity index (χ3v) is 3.98. The van der Waals surface area contributed by atoms with Crippen molar-refractivity contribution in [2.24, 2.45) is 0 Å². The first-order valence-electron chi connectivity index (χ1n) is 7.76. The first kappa shape index (κ1) is 16.2. The quantitative estimate of drug-likeness (QED) is 0.923. The van der Waals surface area contributed by atoms with Crippen LogP contribution in [-0.4, -0.2) is 46.6 Å². The summed E-state index contributed by atoms with van der Waals surface area (Å²) >= 11 is 0. The molecule has 3 heterocycles. The largest absolute Gasteiger partial charge is 0.477 e. The lowest BCUT2D eigenvalue weighted by molar-refractivity contribution is -0.00903. The molecule has 1 aliphatic rings. The number of pyridine rings is 1. The Kier molecular flexibility index (Phi) is 4.61. The van der Waals surface area contributed by atoms with Crippen molar-refractivity contribution in [3.05, 3.63) is 53.2 Å². The van der Waals surface area contributed by atoms with Gasteiger partial charge in [0.25, 0.3) is 5.91 Å². The van der Waals surface area contributed by atoms with Gasteiger partial charge in [-0.2, -0.15) is 0 Å². The second-order valence-electron chi connectivity index (χ2n) is 5.48. The number of carbonyl (C=O) groups is 2. The van der Waals surface area contributed by atoms with Crippen LogP contribution in [0.25, 0.3) is 0 Å². The average Bonchev–Trinajstić information content (AvgIpc) is 3.10. The van der Waals surface area contributed by atoms with Crippen molar-refractivity contribution in [2.75, 3.05) is 19.8 Å². The number of aryl methyl sites for hydroxylation is 1. The maximum absolute atomic E-state index is 12.8. The molecule has 2 aromatic rings. The molecule has 0 spiro atoms. The van der Waals surface area contributed by atoms with Crippen molar-refractivity contribution in [1.82, 2.24) is 9.88 Å². The number of aromatic carboxylic acids is 1. The smallest absolute Gasteiger partial charge is 0.354 e. The van der Waals surface area contributed by atoms with Gasteiger partial charge in [0.2, 0.25) is 0 Å². The van der Waals surface area contributed by atoms with Crippen LogP contribution in [0.5, 0.6) is 0 Å². The number of carboxylic acids is 1. The summed E-state index contributed by atoms with van der Waals surface area (Å²) in [6.45, 7) is 3.25. The molecule has 1 N–H and O–H groups in total. The van der Waals surface area contributed by atoms with Crippen LogP contribution < -0.4 is 0 Å². The predicted octanol–water partition coefficient (Wildman–Crippen LogP) is 2.15. The van der Waals surface area contributed by atoms with Gasteiger partial charge in [0.15, 0.2) is 0 Å². The second-order valence-corrected chi connectivity index (χ2v) is 5.48. The van der Waals surface area contributed by atoms with Crippen molar-refractivity contribution in [1.29, 1.82) is 0 Å². The molecule has 0 aliphatic carbocycles. The predicted molar refractivity (Wildman–Crippen MR) is 83.9 cm³/mol. The fraction of sp³-hybridized carbons (Fsp3) is 0.353. The van der Waals surface area contributed by atoms with Crippen molar-refractivity contribution >= 4 is 11.9 Å². The molecule has 3 rings (SSSR count). The molecule has 24 heavy (non-hydrogen) atoms. The van der Waals surface area contributed by atoms with E-state index in [1.54, 1.807) is 4.90 Å². The van der Waals surface area contributed by atoms with Gasteiger partial charge in [0, 0.05) is 19.2 Å². The lowest BCUT2D eigenvalue weighted by Crippen LogP contribution is -2.43. The first-order chi connectivity index (χ1) is 11.6. The van der Waals surface area contributed by atoms with E-state index >= 15 is 0 Å². The van der Waals surface area contributed by atoms with E-state index in [0.717, 1.165) is 12.2 Å². The van der Waals surface area contributed by atoms with E-state index in [1.807, 2.05) is 19.1 Å². The molecule has 1 aliphatic heterocycles. The molecule has 1 saturated heterocycles. The first-order valence-corrected chi connectivity index (χ1v) is 7.76. The minimum atomic E-state index is -1.12. The Hall–Kier alpha value is -2.67. The third-order valence-electron chi connectivity index (χ3n) is 3.98. The fourth-order valence-corrected chi connectivity index (χ4v) is 2.66. The number of hydrogen-bond acceptors (Lipinski definition) is 5. The maximum atomic E-state index is 12.8. The van der Waals surface area contributed by atoms with Gasteiger partial charge in [0.1, 0.15) is 23.3 Å². The van der Waals surface area contributed by atoms with Crippen LogP contribution in [0.15, 0.2) is 34.9 Å². The topological polar surface area (TPSA) is 92.9 Å². The highest BCUT2D eigenvalue weighted by atomic mass is 16.5. The molecular formula is C17H18N2O5. The number of amides is 1.